The molecular weight excluding hydrogens is 268 g/mol. The Balaban J connectivity index is 1.65. The third-order valence-electron chi connectivity index (χ3n) is 3.87. The molecule has 1 aliphatic rings. The van der Waals surface area contributed by atoms with Crippen molar-refractivity contribution in [2.75, 3.05) is 25.0 Å². The molecule has 1 amide bonds. The van der Waals surface area contributed by atoms with E-state index >= 15 is 0 Å². The summed E-state index contributed by atoms with van der Waals surface area (Å²) < 4.78 is 4.70. The lowest BCUT2D eigenvalue weighted by atomic mass is 9.92. The Kier molecular flexibility index (Phi) is 3.88. The SMILES string of the molecule is C[C@H]1C[C@H](C)CN(CC(=O)Nc2cccc3nonc23)C1. The molecule has 1 N–H and O–H groups in total. The summed E-state index contributed by atoms with van der Waals surface area (Å²) in [5, 5.41) is 10.5. The topological polar surface area (TPSA) is 71.3 Å². The van der Waals surface area contributed by atoms with Crippen LogP contribution in [0.1, 0.15) is 20.3 Å². The largest absolute Gasteiger partial charge is 0.323 e. The molecule has 1 aromatic carbocycles. The highest BCUT2D eigenvalue weighted by Crippen LogP contribution is 2.22. The highest BCUT2D eigenvalue weighted by Gasteiger charge is 2.23. The van der Waals surface area contributed by atoms with Crippen LogP contribution in [0.5, 0.6) is 0 Å². The molecular formula is C15H20N4O2. The van der Waals surface area contributed by atoms with Crippen LogP contribution >= 0.6 is 0 Å². The molecule has 1 saturated heterocycles. The molecule has 6 nitrogen and oxygen atoms in total. The normalized spacial score (nSPS) is 23.3. The molecule has 112 valence electrons. The number of amides is 1. The number of carbonyl (C=O) groups is 1. The molecule has 1 fully saturated rings. The summed E-state index contributed by atoms with van der Waals surface area (Å²) in [6, 6.07) is 5.44. The van der Waals surface area contributed by atoms with Crippen molar-refractivity contribution in [3.8, 4) is 0 Å². The first-order valence-corrected chi connectivity index (χ1v) is 7.35. The zero-order chi connectivity index (χ0) is 14.8. The van der Waals surface area contributed by atoms with Crippen LogP contribution in [0.4, 0.5) is 5.69 Å². The van der Waals surface area contributed by atoms with E-state index in [2.05, 4.69) is 34.4 Å². The molecule has 1 aromatic heterocycles. The van der Waals surface area contributed by atoms with Gasteiger partial charge in [0.05, 0.1) is 12.2 Å². The minimum Gasteiger partial charge on any atom is -0.323 e. The van der Waals surface area contributed by atoms with Gasteiger partial charge in [-0.3, -0.25) is 9.69 Å². The second kappa shape index (κ2) is 5.81. The van der Waals surface area contributed by atoms with E-state index in [0.29, 0.717) is 35.1 Å². The molecule has 0 saturated carbocycles. The molecule has 0 spiro atoms. The number of likely N-dealkylation sites (tertiary alicyclic amines) is 1. The smallest absolute Gasteiger partial charge is 0.238 e. The van der Waals surface area contributed by atoms with Crippen molar-refractivity contribution in [3.05, 3.63) is 18.2 Å². The standard InChI is InChI=1S/C15H20N4O2/c1-10-6-11(2)8-19(7-10)9-14(20)16-12-4-3-5-13-15(12)18-21-17-13/h3-5,10-11H,6-9H2,1-2H3,(H,16,20)/t10-,11-/m0/s1. The van der Waals surface area contributed by atoms with Gasteiger partial charge in [-0.15, -0.1) is 0 Å². The van der Waals surface area contributed by atoms with Gasteiger partial charge in [0.2, 0.25) is 5.91 Å². The highest BCUT2D eigenvalue weighted by atomic mass is 16.6. The molecule has 21 heavy (non-hydrogen) atoms. The Morgan fingerprint density at radius 2 is 2.10 bits per heavy atom. The van der Waals surface area contributed by atoms with Gasteiger partial charge in [0, 0.05) is 13.1 Å². The lowest BCUT2D eigenvalue weighted by molar-refractivity contribution is -0.117. The molecule has 2 heterocycles. The summed E-state index contributed by atoms with van der Waals surface area (Å²) in [6.07, 6.45) is 1.24. The summed E-state index contributed by atoms with van der Waals surface area (Å²) in [7, 11) is 0. The van der Waals surface area contributed by atoms with Crippen molar-refractivity contribution < 1.29 is 9.42 Å². The van der Waals surface area contributed by atoms with Crippen molar-refractivity contribution in [3.63, 3.8) is 0 Å². The molecule has 0 aliphatic carbocycles. The van der Waals surface area contributed by atoms with E-state index in [1.807, 2.05) is 12.1 Å². The van der Waals surface area contributed by atoms with Gasteiger partial charge in [-0.25, -0.2) is 4.63 Å². The highest BCUT2D eigenvalue weighted by molar-refractivity contribution is 5.99. The maximum absolute atomic E-state index is 12.2. The van der Waals surface area contributed by atoms with E-state index in [1.165, 1.54) is 6.42 Å². The monoisotopic (exact) mass is 288 g/mol. The Morgan fingerprint density at radius 3 is 2.86 bits per heavy atom. The number of rotatable bonds is 3. The number of carbonyl (C=O) groups excluding carboxylic acids is 1. The summed E-state index contributed by atoms with van der Waals surface area (Å²) in [4.78, 5) is 14.4. The Morgan fingerprint density at radius 1 is 1.33 bits per heavy atom. The molecule has 1 aliphatic heterocycles. The van der Waals surface area contributed by atoms with Gasteiger partial charge >= 0.3 is 0 Å². The maximum atomic E-state index is 12.2. The predicted octanol–water partition coefficient (Wildman–Crippen LogP) is 2.14. The number of anilines is 1. The van der Waals surface area contributed by atoms with Crippen LogP contribution < -0.4 is 5.32 Å². The third kappa shape index (κ3) is 3.21. The van der Waals surface area contributed by atoms with Gasteiger partial charge in [0.1, 0.15) is 5.52 Å². The first-order valence-electron chi connectivity index (χ1n) is 7.35. The summed E-state index contributed by atoms with van der Waals surface area (Å²) in [5.41, 5.74) is 1.89. The second-order valence-corrected chi connectivity index (χ2v) is 6.13. The van der Waals surface area contributed by atoms with Gasteiger partial charge in [-0.2, -0.15) is 0 Å². The molecule has 0 radical (unpaired) electrons. The molecule has 2 atom stereocenters. The number of nitrogens with zero attached hydrogens (tertiary/aromatic N) is 3. The number of aromatic nitrogens is 2. The van der Waals surface area contributed by atoms with Gasteiger partial charge in [0.25, 0.3) is 0 Å². The van der Waals surface area contributed by atoms with Gasteiger partial charge in [0.15, 0.2) is 5.52 Å². The van der Waals surface area contributed by atoms with Crippen LogP contribution in [0.3, 0.4) is 0 Å². The fourth-order valence-corrected chi connectivity index (χ4v) is 3.22. The summed E-state index contributed by atoms with van der Waals surface area (Å²) in [6.45, 7) is 6.85. The third-order valence-corrected chi connectivity index (χ3v) is 3.87. The van der Waals surface area contributed by atoms with Crippen LogP contribution in [0.25, 0.3) is 11.0 Å². The van der Waals surface area contributed by atoms with Crippen molar-refractivity contribution in [2.24, 2.45) is 11.8 Å². The van der Waals surface area contributed by atoms with Crippen LogP contribution in [0, 0.1) is 11.8 Å². The molecule has 3 rings (SSSR count). The number of hydrogen-bond acceptors (Lipinski definition) is 5. The number of fused-ring (bicyclic) bond motifs is 1. The second-order valence-electron chi connectivity index (χ2n) is 6.13. The van der Waals surface area contributed by atoms with Crippen LogP contribution in [0.15, 0.2) is 22.8 Å². The van der Waals surface area contributed by atoms with E-state index in [9.17, 15) is 4.79 Å². The zero-order valence-corrected chi connectivity index (χ0v) is 12.4. The Bertz CT molecular complexity index is 629. The van der Waals surface area contributed by atoms with Crippen LogP contribution in [-0.2, 0) is 4.79 Å². The molecule has 6 heteroatoms. The van der Waals surface area contributed by atoms with E-state index in [4.69, 9.17) is 4.63 Å². The van der Waals surface area contributed by atoms with Gasteiger partial charge < -0.3 is 5.32 Å². The van der Waals surface area contributed by atoms with Crippen LogP contribution in [0.2, 0.25) is 0 Å². The number of nitrogens with one attached hydrogen (secondary N) is 1. The summed E-state index contributed by atoms with van der Waals surface area (Å²) in [5.74, 6) is 1.27. The van der Waals surface area contributed by atoms with Crippen molar-refractivity contribution in [1.82, 2.24) is 15.2 Å². The first kappa shape index (κ1) is 14.0. The van der Waals surface area contributed by atoms with Crippen molar-refractivity contribution in [2.45, 2.75) is 20.3 Å². The zero-order valence-electron chi connectivity index (χ0n) is 12.4. The molecule has 0 bridgehead atoms. The molecule has 0 unspecified atom stereocenters. The number of benzene rings is 1. The van der Waals surface area contributed by atoms with E-state index in [0.717, 1.165) is 13.1 Å². The van der Waals surface area contributed by atoms with Gasteiger partial charge in [-0.05, 0) is 40.7 Å². The minimum atomic E-state index is -0.0215. The average Bonchev–Trinajstić information content (AvgIpc) is 2.86. The maximum Gasteiger partial charge on any atom is 0.238 e. The lowest BCUT2D eigenvalue weighted by Gasteiger charge is -2.34. The number of piperidine rings is 1. The quantitative estimate of drug-likeness (QED) is 0.937. The fraction of sp³-hybridized carbons (Fsp3) is 0.533. The molecule has 2 aromatic rings. The predicted molar refractivity (Wildman–Crippen MR) is 79.8 cm³/mol. The fourth-order valence-electron chi connectivity index (χ4n) is 3.22. The lowest BCUT2D eigenvalue weighted by Crippen LogP contribution is -2.42. The van der Waals surface area contributed by atoms with Crippen LogP contribution in [-0.4, -0.2) is 40.8 Å². The van der Waals surface area contributed by atoms with E-state index in [1.54, 1.807) is 6.07 Å². The average molecular weight is 288 g/mol. The van der Waals surface area contributed by atoms with E-state index < -0.39 is 0 Å². The Hall–Kier alpha value is -1.95. The van der Waals surface area contributed by atoms with Crippen molar-refractivity contribution in [1.29, 1.82) is 0 Å². The Labute approximate surface area is 123 Å². The minimum absolute atomic E-state index is 0.0215. The van der Waals surface area contributed by atoms with Crippen molar-refractivity contribution >= 4 is 22.6 Å². The summed E-state index contributed by atoms with van der Waals surface area (Å²) >= 11 is 0. The van der Waals surface area contributed by atoms with Gasteiger partial charge in [-0.1, -0.05) is 19.9 Å². The number of hydrogen-bond donors (Lipinski definition) is 1. The van der Waals surface area contributed by atoms with E-state index in [-0.39, 0.29) is 5.91 Å². The first-order chi connectivity index (χ1) is 10.1.